The van der Waals surface area contributed by atoms with E-state index in [1.165, 1.54) is 11.4 Å². The Balaban J connectivity index is 1.62. The maximum absolute atomic E-state index is 13.7. The summed E-state index contributed by atoms with van der Waals surface area (Å²) in [6.45, 7) is 3.78. The van der Waals surface area contributed by atoms with Gasteiger partial charge in [0, 0.05) is 31.1 Å². The van der Waals surface area contributed by atoms with Crippen LogP contribution in [0.4, 0.5) is 5.69 Å². The van der Waals surface area contributed by atoms with Crippen molar-refractivity contribution < 1.29 is 27.9 Å². The van der Waals surface area contributed by atoms with Crippen molar-refractivity contribution in [2.75, 3.05) is 32.1 Å². The number of hydrogen-bond acceptors (Lipinski definition) is 6. The lowest BCUT2D eigenvalue weighted by atomic mass is 9.88. The van der Waals surface area contributed by atoms with Crippen LogP contribution in [0.15, 0.2) is 53.4 Å². The summed E-state index contributed by atoms with van der Waals surface area (Å²) in [5.74, 6) is -0.321. The molecule has 0 spiro atoms. The first-order valence-electron chi connectivity index (χ1n) is 13.7. The standard InChI is InChI=1S/C29H39N3O6S/c1-20-17-32(21(2)19-33)29(35)25-16-23(30-28(34)22-10-6-4-7-11-22)14-15-26(25)38-27(20)18-31(3)39(36,37)24-12-8-5-9-13-24/h5,8-9,12-16,20-22,27,33H,4,6-7,10-11,17-19H2,1-3H3,(H,30,34)/t20-,21-,27-/m1/s1. The van der Waals surface area contributed by atoms with Crippen molar-refractivity contribution in [2.45, 2.75) is 63.0 Å². The van der Waals surface area contributed by atoms with E-state index in [2.05, 4.69) is 5.32 Å². The average Bonchev–Trinajstić information content (AvgIpc) is 2.95. The van der Waals surface area contributed by atoms with E-state index in [1.807, 2.05) is 6.92 Å². The number of rotatable bonds is 8. The average molecular weight is 558 g/mol. The zero-order chi connectivity index (χ0) is 28.2. The van der Waals surface area contributed by atoms with Gasteiger partial charge in [-0.2, -0.15) is 4.31 Å². The topological polar surface area (TPSA) is 116 Å². The molecule has 39 heavy (non-hydrogen) atoms. The Hall–Kier alpha value is -2.95. The number of aliphatic hydroxyl groups is 1. The summed E-state index contributed by atoms with van der Waals surface area (Å²) < 4.78 is 34.0. The zero-order valence-corrected chi connectivity index (χ0v) is 23.7. The normalized spacial score (nSPS) is 21.5. The van der Waals surface area contributed by atoms with E-state index in [9.17, 15) is 23.1 Å². The van der Waals surface area contributed by atoms with E-state index in [0.29, 0.717) is 11.4 Å². The highest BCUT2D eigenvalue weighted by atomic mass is 32.2. The van der Waals surface area contributed by atoms with Crippen LogP contribution >= 0.6 is 0 Å². The monoisotopic (exact) mass is 557 g/mol. The van der Waals surface area contributed by atoms with Gasteiger partial charge in [0.2, 0.25) is 15.9 Å². The van der Waals surface area contributed by atoms with Gasteiger partial charge in [-0.1, -0.05) is 44.4 Å². The molecule has 4 rings (SSSR count). The minimum Gasteiger partial charge on any atom is -0.488 e. The van der Waals surface area contributed by atoms with Crippen molar-refractivity contribution in [3.8, 4) is 5.75 Å². The van der Waals surface area contributed by atoms with Gasteiger partial charge in [-0.25, -0.2) is 8.42 Å². The lowest BCUT2D eigenvalue weighted by Crippen LogP contribution is -2.50. The van der Waals surface area contributed by atoms with Crippen molar-refractivity contribution in [3.63, 3.8) is 0 Å². The Morgan fingerprint density at radius 1 is 1.15 bits per heavy atom. The van der Waals surface area contributed by atoms with Gasteiger partial charge in [0.1, 0.15) is 11.9 Å². The van der Waals surface area contributed by atoms with Crippen LogP contribution in [-0.4, -0.2) is 73.4 Å². The van der Waals surface area contributed by atoms with E-state index in [1.54, 1.807) is 60.4 Å². The Labute approximate surface area is 231 Å². The Morgan fingerprint density at radius 3 is 2.51 bits per heavy atom. The summed E-state index contributed by atoms with van der Waals surface area (Å²) in [5.41, 5.74) is 0.772. The van der Waals surface area contributed by atoms with Gasteiger partial charge in [0.05, 0.1) is 29.7 Å². The van der Waals surface area contributed by atoms with Gasteiger partial charge in [-0.3, -0.25) is 9.59 Å². The van der Waals surface area contributed by atoms with Crippen LogP contribution in [0.5, 0.6) is 5.75 Å². The number of benzene rings is 2. The number of aliphatic hydroxyl groups excluding tert-OH is 1. The number of carbonyl (C=O) groups excluding carboxylic acids is 2. The van der Waals surface area contributed by atoms with Crippen molar-refractivity contribution in [3.05, 3.63) is 54.1 Å². The minimum absolute atomic E-state index is 0.0362. The summed E-state index contributed by atoms with van der Waals surface area (Å²) in [4.78, 5) is 28.3. The Kier molecular flexibility index (Phi) is 9.30. The molecule has 3 atom stereocenters. The van der Waals surface area contributed by atoms with E-state index < -0.39 is 22.2 Å². The van der Waals surface area contributed by atoms with E-state index in [0.717, 1.165) is 32.1 Å². The molecular weight excluding hydrogens is 518 g/mol. The van der Waals surface area contributed by atoms with Gasteiger partial charge in [-0.05, 0) is 50.1 Å². The molecule has 212 valence electrons. The third-order valence-electron chi connectivity index (χ3n) is 7.80. The van der Waals surface area contributed by atoms with Crippen LogP contribution in [0.25, 0.3) is 0 Å². The van der Waals surface area contributed by atoms with Gasteiger partial charge >= 0.3 is 0 Å². The lowest BCUT2D eigenvalue weighted by molar-refractivity contribution is -0.120. The summed E-state index contributed by atoms with van der Waals surface area (Å²) in [7, 11) is -2.24. The predicted octanol–water partition coefficient (Wildman–Crippen LogP) is 3.75. The third-order valence-corrected chi connectivity index (χ3v) is 9.63. The van der Waals surface area contributed by atoms with Gasteiger partial charge < -0.3 is 20.1 Å². The second-order valence-electron chi connectivity index (χ2n) is 10.8. The fraction of sp³-hybridized carbons (Fsp3) is 0.517. The van der Waals surface area contributed by atoms with Crippen LogP contribution in [0.3, 0.4) is 0 Å². The molecule has 0 radical (unpaired) electrons. The van der Waals surface area contributed by atoms with Gasteiger partial charge in [0.25, 0.3) is 5.91 Å². The molecule has 2 N–H and O–H groups in total. The molecule has 1 fully saturated rings. The van der Waals surface area contributed by atoms with E-state index >= 15 is 0 Å². The number of carbonyl (C=O) groups is 2. The summed E-state index contributed by atoms with van der Waals surface area (Å²) in [5, 5.41) is 12.9. The molecule has 1 saturated carbocycles. The van der Waals surface area contributed by atoms with Crippen LogP contribution < -0.4 is 10.1 Å². The van der Waals surface area contributed by atoms with Crippen LogP contribution in [0.2, 0.25) is 0 Å². The second-order valence-corrected chi connectivity index (χ2v) is 12.8. The van der Waals surface area contributed by atoms with Crippen LogP contribution in [0, 0.1) is 11.8 Å². The number of amides is 2. The molecule has 1 heterocycles. The highest BCUT2D eigenvalue weighted by Crippen LogP contribution is 2.32. The predicted molar refractivity (Wildman–Crippen MR) is 149 cm³/mol. The van der Waals surface area contributed by atoms with Gasteiger partial charge in [-0.15, -0.1) is 0 Å². The number of ether oxygens (including phenoxy) is 1. The first kappa shape index (κ1) is 29.0. The molecule has 0 aromatic heterocycles. The molecule has 0 bridgehead atoms. The molecule has 10 heteroatoms. The smallest absolute Gasteiger partial charge is 0.258 e. The molecule has 1 aliphatic carbocycles. The summed E-state index contributed by atoms with van der Waals surface area (Å²) in [6, 6.07) is 12.7. The van der Waals surface area contributed by atoms with Crippen LogP contribution in [-0.2, 0) is 14.8 Å². The number of nitrogens with one attached hydrogen (secondary N) is 1. The second kappa shape index (κ2) is 12.5. The van der Waals surface area contributed by atoms with E-state index in [4.69, 9.17) is 4.74 Å². The first-order valence-corrected chi connectivity index (χ1v) is 15.1. The number of anilines is 1. The van der Waals surface area contributed by atoms with Crippen LogP contribution in [0.1, 0.15) is 56.3 Å². The number of likely N-dealkylation sites (N-methyl/N-ethyl adjacent to an activating group) is 1. The number of fused-ring (bicyclic) bond motifs is 1. The number of hydrogen-bond donors (Lipinski definition) is 2. The molecule has 2 aliphatic rings. The quantitative estimate of drug-likeness (QED) is 0.511. The molecule has 0 saturated heterocycles. The van der Waals surface area contributed by atoms with Crippen molar-refractivity contribution in [1.29, 1.82) is 0 Å². The molecular formula is C29H39N3O6S. The van der Waals surface area contributed by atoms with E-state index in [-0.39, 0.29) is 53.8 Å². The fourth-order valence-electron chi connectivity index (χ4n) is 5.25. The molecule has 9 nitrogen and oxygen atoms in total. The van der Waals surface area contributed by atoms with Gasteiger partial charge in [0.15, 0.2) is 0 Å². The summed E-state index contributed by atoms with van der Waals surface area (Å²) in [6.07, 6.45) is 4.37. The lowest BCUT2D eigenvalue weighted by Gasteiger charge is -2.38. The Bertz CT molecular complexity index is 1260. The summed E-state index contributed by atoms with van der Waals surface area (Å²) >= 11 is 0. The zero-order valence-electron chi connectivity index (χ0n) is 22.9. The molecule has 2 aromatic carbocycles. The SMILES string of the molecule is C[C@@H]1CN([C@H](C)CO)C(=O)c2cc(NC(=O)C3CCCCC3)ccc2O[C@@H]1CN(C)S(=O)(=O)c1ccccc1. The van der Waals surface area contributed by atoms with Crippen molar-refractivity contribution in [1.82, 2.24) is 9.21 Å². The number of sulfonamides is 1. The highest BCUT2D eigenvalue weighted by Gasteiger charge is 2.35. The minimum atomic E-state index is -3.75. The van der Waals surface area contributed by atoms with Crippen molar-refractivity contribution >= 4 is 27.5 Å². The third kappa shape index (κ3) is 6.62. The fourth-order valence-corrected chi connectivity index (χ4v) is 6.46. The Morgan fingerprint density at radius 2 is 1.85 bits per heavy atom. The largest absolute Gasteiger partial charge is 0.488 e. The first-order chi connectivity index (χ1) is 18.6. The molecule has 2 aromatic rings. The molecule has 0 unspecified atom stereocenters. The highest BCUT2D eigenvalue weighted by molar-refractivity contribution is 7.89. The molecule has 2 amide bonds. The molecule has 1 aliphatic heterocycles. The number of nitrogens with zero attached hydrogens (tertiary/aromatic N) is 2. The maximum Gasteiger partial charge on any atom is 0.258 e. The van der Waals surface area contributed by atoms with Crippen molar-refractivity contribution in [2.24, 2.45) is 11.8 Å². The maximum atomic E-state index is 13.7.